The van der Waals surface area contributed by atoms with E-state index in [4.69, 9.17) is 21.1 Å². The molecule has 0 bridgehead atoms. The molecule has 0 spiro atoms. The van der Waals surface area contributed by atoms with Crippen LogP contribution in [-0.4, -0.2) is 36.1 Å². The predicted molar refractivity (Wildman–Crippen MR) is 187 cm³/mol. The van der Waals surface area contributed by atoms with E-state index >= 15 is 0 Å². The second-order valence-corrected chi connectivity index (χ2v) is 11.2. The molecule has 3 N–H and O–H groups in total. The average Bonchev–Trinajstić information content (AvgIpc) is 3.60. The van der Waals surface area contributed by atoms with Crippen LogP contribution < -0.4 is 15.8 Å². The van der Waals surface area contributed by atoms with E-state index < -0.39 is 0 Å². The Kier molecular flexibility index (Phi) is 7.07. The third-order valence-corrected chi connectivity index (χ3v) is 8.44. The summed E-state index contributed by atoms with van der Waals surface area (Å²) in [7, 11) is 0. The van der Waals surface area contributed by atoms with Crippen molar-refractivity contribution in [2.75, 3.05) is 0 Å². The topological polar surface area (TPSA) is 108 Å². The number of hydrogen-bond acceptors (Lipinski definition) is 6. The number of nitrogens with zero attached hydrogens (tertiary/aromatic N) is 3. The van der Waals surface area contributed by atoms with Crippen molar-refractivity contribution >= 4 is 67.5 Å². The first kappa shape index (κ1) is 27.7. The van der Waals surface area contributed by atoms with Crippen LogP contribution >= 0.6 is 0 Å². The molecule has 214 valence electrons. The van der Waals surface area contributed by atoms with Gasteiger partial charge in [-0.2, -0.15) is 5.26 Å². The van der Waals surface area contributed by atoms with Crippen LogP contribution in [0.1, 0.15) is 6.92 Å². The third kappa shape index (κ3) is 5.19. The number of rotatable bonds is 4. The summed E-state index contributed by atoms with van der Waals surface area (Å²) in [6.45, 7) is 2.06. The van der Waals surface area contributed by atoms with Gasteiger partial charge in [-0.05, 0) is 103 Å². The molecule has 0 saturated heterocycles. The third-order valence-electron chi connectivity index (χ3n) is 8.44. The fourth-order valence-corrected chi connectivity index (χ4v) is 6.00. The van der Waals surface area contributed by atoms with Crippen molar-refractivity contribution in [3.05, 3.63) is 137 Å². The summed E-state index contributed by atoms with van der Waals surface area (Å²) in [4.78, 5) is 9.21. The molecule has 0 aromatic heterocycles. The summed E-state index contributed by atoms with van der Waals surface area (Å²) < 4.78 is 0. The van der Waals surface area contributed by atoms with Crippen molar-refractivity contribution in [2.24, 2.45) is 9.98 Å². The van der Waals surface area contributed by atoms with Crippen LogP contribution in [0, 0.1) is 22.1 Å². The van der Waals surface area contributed by atoms with Gasteiger partial charge in [0.2, 0.25) is 0 Å². The molecule has 2 atom stereocenters. The van der Waals surface area contributed by atoms with E-state index in [0.29, 0.717) is 22.6 Å². The van der Waals surface area contributed by atoms with Crippen LogP contribution in [0.2, 0.25) is 0 Å². The molecule has 3 aliphatic heterocycles. The number of hydrogen-bond donors (Lipinski definition) is 3. The minimum absolute atomic E-state index is 0.118. The zero-order valence-electron chi connectivity index (χ0n) is 24.5. The average molecular weight is 581 g/mol. The van der Waals surface area contributed by atoms with Gasteiger partial charge in [0.05, 0.1) is 29.1 Å². The summed E-state index contributed by atoms with van der Waals surface area (Å²) in [6, 6.07) is 23.6. The Morgan fingerprint density at radius 1 is 0.867 bits per heavy atom. The van der Waals surface area contributed by atoms with Gasteiger partial charge in [-0.15, -0.1) is 0 Å². The zero-order chi connectivity index (χ0) is 30.9. The Hall–Kier alpha value is -6.15. The molecule has 7 rings (SSSR count). The summed E-state index contributed by atoms with van der Waals surface area (Å²) in [5, 5.41) is 37.4. The van der Waals surface area contributed by atoms with E-state index in [9.17, 15) is 0 Å². The Morgan fingerprint density at radius 3 is 2.31 bits per heavy atom. The lowest BCUT2D eigenvalue weighted by Crippen LogP contribution is -2.20. The number of allylic oxidation sites excluding steroid dienone is 7. The SMILES string of the molecule is CC(C=CC(=N)C1=CC(=C=N)C=CN1)=c1ccc2c3ccccc3c3ccc(=C4C=CC(C5C=C(C#N)C=N5)N=C4)cc3c2c1. The second-order valence-electron chi connectivity index (χ2n) is 11.2. The van der Waals surface area contributed by atoms with Gasteiger partial charge in [0.1, 0.15) is 6.07 Å². The number of nitrogens with one attached hydrogen (secondary N) is 3. The maximum atomic E-state index is 9.16. The molecule has 4 aromatic rings. The molecule has 4 aromatic carbocycles. The van der Waals surface area contributed by atoms with E-state index in [1.54, 1.807) is 30.6 Å². The van der Waals surface area contributed by atoms with Crippen molar-refractivity contribution in [1.82, 2.24) is 5.32 Å². The van der Waals surface area contributed by atoms with E-state index in [1.807, 2.05) is 18.4 Å². The van der Waals surface area contributed by atoms with Gasteiger partial charge in [-0.1, -0.05) is 66.8 Å². The molecule has 3 aliphatic rings. The van der Waals surface area contributed by atoms with Crippen LogP contribution in [0.25, 0.3) is 43.5 Å². The van der Waals surface area contributed by atoms with E-state index in [2.05, 4.69) is 102 Å². The molecule has 0 fully saturated rings. The molecule has 3 heterocycles. The highest BCUT2D eigenvalue weighted by Gasteiger charge is 2.20. The van der Waals surface area contributed by atoms with Gasteiger partial charge >= 0.3 is 0 Å². The van der Waals surface area contributed by atoms with Gasteiger partial charge in [-0.25, -0.2) is 0 Å². The Balaban J connectivity index is 1.33. The van der Waals surface area contributed by atoms with Crippen LogP contribution in [0.5, 0.6) is 0 Å². The van der Waals surface area contributed by atoms with Crippen molar-refractivity contribution < 1.29 is 0 Å². The summed E-state index contributed by atoms with van der Waals surface area (Å²) in [6.07, 6.45) is 18.5. The molecule has 0 amide bonds. The number of dihydropyridines is 2. The quantitative estimate of drug-likeness (QED) is 0.199. The Labute approximate surface area is 260 Å². The first-order valence-electron chi connectivity index (χ1n) is 14.7. The molecule has 45 heavy (non-hydrogen) atoms. The van der Waals surface area contributed by atoms with Crippen LogP contribution in [0.3, 0.4) is 0 Å². The van der Waals surface area contributed by atoms with E-state index in [1.165, 1.54) is 26.9 Å². The maximum Gasteiger partial charge on any atom is 0.100 e. The molecule has 0 radical (unpaired) electrons. The summed E-state index contributed by atoms with van der Waals surface area (Å²) in [5.74, 6) is 2.37. The van der Waals surface area contributed by atoms with Crippen molar-refractivity contribution in [3.63, 3.8) is 0 Å². The van der Waals surface area contributed by atoms with Crippen LogP contribution in [0.4, 0.5) is 0 Å². The first-order valence-corrected chi connectivity index (χ1v) is 14.7. The van der Waals surface area contributed by atoms with Gasteiger partial charge in [0.15, 0.2) is 0 Å². The highest BCUT2D eigenvalue weighted by molar-refractivity contribution is 6.25. The van der Waals surface area contributed by atoms with E-state index in [0.717, 1.165) is 27.0 Å². The van der Waals surface area contributed by atoms with Crippen LogP contribution in [-0.2, 0) is 0 Å². The molecule has 2 unspecified atom stereocenters. The first-order chi connectivity index (χ1) is 22.0. The largest absolute Gasteiger partial charge is 0.360 e. The van der Waals surface area contributed by atoms with Crippen LogP contribution in [0.15, 0.2) is 136 Å². The minimum Gasteiger partial charge on any atom is -0.360 e. The minimum atomic E-state index is -0.139. The lowest BCUT2D eigenvalue weighted by atomic mass is 9.92. The number of benzene rings is 4. The molecule has 6 heteroatoms. The van der Waals surface area contributed by atoms with E-state index in [-0.39, 0.29) is 12.1 Å². The van der Waals surface area contributed by atoms with Gasteiger partial charge in [0, 0.05) is 24.2 Å². The fraction of sp³-hybridized carbons (Fsp3) is 0.0769. The van der Waals surface area contributed by atoms with Gasteiger partial charge in [-0.3, -0.25) is 20.8 Å². The van der Waals surface area contributed by atoms with Crippen molar-refractivity contribution in [2.45, 2.75) is 19.0 Å². The number of aliphatic imine (C=N–C) groups is 2. The lowest BCUT2D eigenvalue weighted by Gasteiger charge is -2.15. The maximum absolute atomic E-state index is 9.16. The molecule has 6 nitrogen and oxygen atoms in total. The lowest BCUT2D eigenvalue weighted by molar-refractivity contribution is 0.721. The van der Waals surface area contributed by atoms with Crippen molar-refractivity contribution in [1.29, 1.82) is 16.1 Å². The molecular weight excluding hydrogens is 552 g/mol. The van der Waals surface area contributed by atoms with Gasteiger partial charge < -0.3 is 5.32 Å². The Morgan fingerprint density at radius 2 is 1.60 bits per heavy atom. The standard InChI is InChI=1S/C39H28N6/c1-24(6-12-36(42)38-16-25(20-40)14-15-43-38)27-7-10-32-30-4-2-3-5-31(30)33-11-8-28(19-35(33)34(32)18-27)29-9-13-37(45-23-29)39-17-26(21-41)22-44-39/h2-19,22-23,37,39-40,42-43H,1H3. The highest BCUT2D eigenvalue weighted by Crippen LogP contribution is 2.33. The monoisotopic (exact) mass is 580 g/mol. The molecule has 0 saturated carbocycles. The number of fused-ring (bicyclic) bond motifs is 6. The Bertz CT molecular complexity index is 2380. The normalized spacial score (nSPS) is 20.8. The smallest absolute Gasteiger partial charge is 0.100 e. The molecular formula is C39H28N6. The second kappa shape index (κ2) is 11.5. The summed E-state index contributed by atoms with van der Waals surface area (Å²) in [5.41, 5.74) is 4.23. The summed E-state index contributed by atoms with van der Waals surface area (Å²) >= 11 is 0. The zero-order valence-corrected chi connectivity index (χ0v) is 24.5. The predicted octanol–water partition coefficient (Wildman–Crippen LogP) is 6.13. The van der Waals surface area contributed by atoms with Crippen molar-refractivity contribution in [3.8, 4) is 6.07 Å². The number of nitriles is 1. The van der Waals surface area contributed by atoms with Gasteiger partial charge in [0.25, 0.3) is 0 Å². The molecule has 0 aliphatic carbocycles. The fourth-order valence-electron chi connectivity index (χ4n) is 6.00. The highest BCUT2D eigenvalue weighted by atomic mass is 14.9.